The number of amides is 2. The second-order valence-electron chi connectivity index (χ2n) is 8.37. The topological polar surface area (TPSA) is 67.4 Å². The van der Waals surface area contributed by atoms with Gasteiger partial charge in [0, 0.05) is 21.8 Å². The third kappa shape index (κ3) is 6.62. The average molecular weight is 449 g/mol. The molecule has 2 N–H and O–H groups in total. The lowest BCUT2D eigenvalue weighted by Crippen LogP contribution is -2.16. The zero-order valence-corrected chi connectivity index (χ0v) is 19.6. The fourth-order valence-electron chi connectivity index (χ4n) is 3.02. The molecular weight excluding hydrogens is 420 g/mol. The average Bonchev–Trinajstić information content (AvgIpc) is 2.78. The Balaban J connectivity index is 1.56. The standard InChI is InChI=1S/C26H28N2O3S/c1-26(2,3)19-10-8-18(9-11-19)25(30)28-21-7-5-6-20(16-21)27-24(29)17-32-23-14-12-22(31-4)13-15-23/h5-16H,17H2,1-4H3,(H,27,29)(H,28,30). The molecule has 2 amide bonds. The van der Waals surface area contributed by atoms with Gasteiger partial charge in [0.05, 0.1) is 12.9 Å². The summed E-state index contributed by atoms with van der Waals surface area (Å²) in [6.07, 6.45) is 0. The number of methoxy groups -OCH3 is 1. The summed E-state index contributed by atoms with van der Waals surface area (Å²) in [5, 5.41) is 5.77. The molecule has 32 heavy (non-hydrogen) atoms. The fourth-order valence-corrected chi connectivity index (χ4v) is 3.72. The van der Waals surface area contributed by atoms with E-state index in [4.69, 9.17) is 4.74 Å². The Morgan fingerprint density at radius 1 is 0.875 bits per heavy atom. The Bertz CT molecular complexity index is 1070. The van der Waals surface area contributed by atoms with Crippen LogP contribution < -0.4 is 15.4 Å². The van der Waals surface area contributed by atoms with Crippen LogP contribution in [0.5, 0.6) is 5.75 Å². The molecule has 6 heteroatoms. The van der Waals surface area contributed by atoms with E-state index in [2.05, 4.69) is 31.4 Å². The van der Waals surface area contributed by atoms with E-state index < -0.39 is 0 Å². The van der Waals surface area contributed by atoms with Crippen LogP contribution in [0.15, 0.2) is 77.7 Å². The fraction of sp³-hybridized carbons (Fsp3) is 0.231. The molecule has 0 bridgehead atoms. The number of rotatable bonds is 7. The second-order valence-corrected chi connectivity index (χ2v) is 9.42. The zero-order chi connectivity index (χ0) is 23.1. The maximum Gasteiger partial charge on any atom is 0.255 e. The first-order valence-corrected chi connectivity index (χ1v) is 11.3. The number of hydrogen-bond acceptors (Lipinski definition) is 4. The van der Waals surface area contributed by atoms with Crippen LogP contribution in [0, 0.1) is 0 Å². The van der Waals surface area contributed by atoms with Crippen LogP contribution in [0.25, 0.3) is 0 Å². The van der Waals surface area contributed by atoms with Crippen LogP contribution >= 0.6 is 11.8 Å². The van der Waals surface area contributed by atoms with Crippen molar-refractivity contribution < 1.29 is 14.3 Å². The lowest BCUT2D eigenvalue weighted by molar-refractivity contribution is -0.113. The van der Waals surface area contributed by atoms with E-state index in [9.17, 15) is 9.59 Å². The maximum atomic E-state index is 12.6. The van der Waals surface area contributed by atoms with Gasteiger partial charge in [-0.15, -0.1) is 11.8 Å². The van der Waals surface area contributed by atoms with Crippen molar-refractivity contribution in [2.45, 2.75) is 31.1 Å². The van der Waals surface area contributed by atoms with Gasteiger partial charge in [0.2, 0.25) is 5.91 Å². The number of ether oxygens (including phenoxy) is 1. The van der Waals surface area contributed by atoms with Crippen LogP contribution in [-0.4, -0.2) is 24.7 Å². The quantitative estimate of drug-likeness (QED) is 0.437. The van der Waals surface area contributed by atoms with Crippen molar-refractivity contribution in [2.24, 2.45) is 0 Å². The Labute approximate surface area is 193 Å². The highest BCUT2D eigenvalue weighted by Gasteiger charge is 2.14. The van der Waals surface area contributed by atoms with Gasteiger partial charge in [0.25, 0.3) is 5.91 Å². The number of carbonyl (C=O) groups excluding carboxylic acids is 2. The van der Waals surface area contributed by atoms with E-state index in [1.54, 1.807) is 31.4 Å². The summed E-state index contributed by atoms with van der Waals surface area (Å²) in [5.74, 6) is 0.752. The van der Waals surface area contributed by atoms with Gasteiger partial charge in [-0.1, -0.05) is 39.0 Å². The van der Waals surface area contributed by atoms with E-state index in [0.717, 1.165) is 10.6 Å². The summed E-state index contributed by atoms with van der Waals surface area (Å²) in [5.41, 5.74) is 3.05. The SMILES string of the molecule is COc1ccc(SCC(=O)Nc2cccc(NC(=O)c3ccc(C(C)(C)C)cc3)c2)cc1. The molecule has 5 nitrogen and oxygen atoms in total. The molecule has 3 aromatic carbocycles. The summed E-state index contributed by atoms with van der Waals surface area (Å²) in [6, 6.07) is 22.3. The van der Waals surface area contributed by atoms with Gasteiger partial charge in [0.15, 0.2) is 0 Å². The molecular formula is C26H28N2O3S. The minimum atomic E-state index is -0.191. The van der Waals surface area contributed by atoms with Crippen molar-refractivity contribution in [2.75, 3.05) is 23.5 Å². The molecule has 166 valence electrons. The molecule has 0 fully saturated rings. The van der Waals surface area contributed by atoms with Gasteiger partial charge in [-0.05, 0) is 65.6 Å². The smallest absolute Gasteiger partial charge is 0.255 e. The summed E-state index contributed by atoms with van der Waals surface area (Å²) in [7, 11) is 1.62. The van der Waals surface area contributed by atoms with E-state index in [1.807, 2.05) is 48.5 Å². The molecule has 0 radical (unpaired) electrons. The van der Waals surface area contributed by atoms with E-state index in [-0.39, 0.29) is 23.0 Å². The molecule has 3 rings (SSSR count). The predicted molar refractivity (Wildman–Crippen MR) is 132 cm³/mol. The van der Waals surface area contributed by atoms with Crippen LogP contribution in [0.4, 0.5) is 11.4 Å². The number of thioether (sulfide) groups is 1. The van der Waals surface area contributed by atoms with Crippen molar-refractivity contribution in [3.05, 3.63) is 83.9 Å². The molecule has 0 aliphatic heterocycles. The molecule has 0 aromatic heterocycles. The first-order chi connectivity index (χ1) is 15.2. The van der Waals surface area contributed by atoms with Crippen molar-refractivity contribution in [1.29, 1.82) is 0 Å². The third-order valence-electron chi connectivity index (χ3n) is 4.85. The normalized spacial score (nSPS) is 11.0. The summed E-state index contributed by atoms with van der Waals surface area (Å²) in [4.78, 5) is 25.9. The molecule has 0 heterocycles. The third-order valence-corrected chi connectivity index (χ3v) is 5.86. The van der Waals surface area contributed by atoms with Crippen LogP contribution in [0.1, 0.15) is 36.7 Å². The lowest BCUT2D eigenvalue weighted by Gasteiger charge is -2.19. The number of nitrogens with one attached hydrogen (secondary N) is 2. The number of hydrogen-bond donors (Lipinski definition) is 2. The van der Waals surface area contributed by atoms with Crippen molar-refractivity contribution in [3.63, 3.8) is 0 Å². The van der Waals surface area contributed by atoms with Crippen LogP contribution in [-0.2, 0) is 10.2 Å². The minimum Gasteiger partial charge on any atom is -0.497 e. The lowest BCUT2D eigenvalue weighted by atomic mass is 9.87. The highest BCUT2D eigenvalue weighted by molar-refractivity contribution is 8.00. The number of benzene rings is 3. The molecule has 0 aliphatic rings. The minimum absolute atomic E-state index is 0.0349. The largest absolute Gasteiger partial charge is 0.497 e. The van der Waals surface area contributed by atoms with Crippen molar-refractivity contribution in [1.82, 2.24) is 0 Å². The Morgan fingerprint density at radius 3 is 2.09 bits per heavy atom. The molecule has 0 unspecified atom stereocenters. The number of anilines is 2. The van der Waals surface area contributed by atoms with E-state index in [0.29, 0.717) is 16.9 Å². The summed E-state index contributed by atoms with van der Waals surface area (Å²) in [6.45, 7) is 6.41. The van der Waals surface area contributed by atoms with E-state index in [1.165, 1.54) is 17.3 Å². The molecule has 0 saturated heterocycles. The highest BCUT2D eigenvalue weighted by atomic mass is 32.2. The van der Waals surface area contributed by atoms with Gasteiger partial charge >= 0.3 is 0 Å². The predicted octanol–water partition coefficient (Wildman–Crippen LogP) is 5.98. The van der Waals surface area contributed by atoms with Crippen molar-refractivity contribution in [3.8, 4) is 5.75 Å². The van der Waals surface area contributed by atoms with Crippen LogP contribution in [0.2, 0.25) is 0 Å². The monoisotopic (exact) mass is 448 g/mol. The number of carbonyl (C=O) groups is 2. The van der Waals surface area contributed by atoms with Gasteiger partial charge in [-0.2, -0.15) is 0 Å². The highest BCUT2D eigenvalue weighted by Crippen LogP contribution is 2.24. The molecule has 0 atom stereocenters. The Morgan fingerprint density at radius 2 is 1.50 bits per heavy atom. The van der Waals surface area contributed by atoms with Crippen molar-refractivity contribution >= 4 is 35.0 Å². The Kier molecular flexibility index (Phi) is 7.59. The van der Waals surface area contributed by atoms with Gasteiger partial charge in [-0.3, -0.25) is 9.59 Å². The molecule has 0 aliphatic carbocycles. The molecule has 3 aromatic rings. The van der Waals surface area contributed by atoms with Gasteiger partial charge in [0.1, 0.15) is 5.75 Å². The molecule has 0 saturated carbocycles. The van der Waals surface area contributed by atoms with Crippen LogP contribution in [0.3, 0.4) is 0 Å². The van der Waals surface area contributed by atoms with Gasteiger partial charge in [-0.25, -0.2) is 0 Å². The summed E-state index contributed by atoms with van der Waals surface area (Å²) >= 11 is 1.44. The summed E-state index contributed by atoms with van der Waals surface area (Å²) < 4.78 is 5.14. The zero-order valence-electron chi connectivity index (χ0n) is 18.8. The molecule has 0 spiro atoms. The second kappa shape index (κ2) is 10.4. The van der Waals surface area contributed by atoms with Gasteiger partial charge < -0.3 is 15.4 Å². The first-order valence-electron chi connectivity index (χ1n) is 10.3. The first kappa shape index (κ1) is 23.4. The van der Waals surface area contributed by atoms with E-state index >= 15 is 0 Å². The Hall–Kier alpha value is -3.25. The maximum absolute atomic E-state index is 12.6.